The Morgan fingerprint density at radius 2 is 2.00 bits per heavy atom. The monoisotopic (exact) mass is 265 g/mol. The average molecular weight is 265 g/mol. The number of hydrogen-bond donors (Lipinski definition) is 1. The van der Waals surface area contributed by atoms with Crippen LogP contribution in [0.3, 0.4) is 0 Å². The highest BCUT2D eigenvalue weighted by molar-refractivity contribution is 4.96. The van der Waals surface area contributed by atoms with Crippen molar-refractivity contribution in [3.05, 3.63) is 11.7 Å². The number of aromatic nitrogens is 2. The van der Waals surface area contributed by atoms with Crippen LogP contribution in [0.1, 0.15) is 76.4 Å². The Morgan fingerprint density at radius 3 is 2.68 bits per heavy atom. The first-order chi connectivity index (χ1) is 9.29. The van der Waals surface area contributed by atoms with Gasteiger partial charge in [0.1, 0.15) is 0 Å². The quantitative estimate of drug-likeness (QED) is 0.801. The number of nitrogens with one attached hydrogen (secondary N) is 1. The minimum Gasteiger partial charge on any atom is -0.339 e. The molecule has 1 unspecified atom stereocenters. The summed E-state index contributed by atoms with van der Waals surface area (Å²) in [6, 6.07) is 0.512. The highest BCUT2D eigenvalue weighted by Gasteiger charge is 2.19. The zero-order valence-corrected chi connectivity index (χ0v) is 12.3. The van der Waals surface area contributed by atoms with Crippen molar-refractivity contribution in [3.8, 4) is 0 Å². The fourth-order valence-corrected chi connectivity index (χ4v) is 2.86. The molecule has 1 aliphatic rings. The topological polar surface area (TPSA) is 51.0 Å². The molecule has 4 nitrogen and oxygen atoms in total. The normalized spacial score (nSPS) is 19.3. The molecule has 0 spiro atoms. The van der Waals surface area contributed by atoms with Crippen LogP contribution in [0.25, 0.3) is 0 Å². The van der Waals surface area contributed by atoms with E-state index in [1.54, 1.807) is 0 Å². The average Bonchev–Trinajstić information content (AvgIpc) is 2.71. The number of aryl methyl sites for hydroxylation is 1. The van der Waals surface area contributed by atoms with Crippen LogP contribution in [0.5, 0.6) is 0 Å². The van der Waals surface area contributed by atoms with Crippen molar-refractivity contribution in [1.82, 2.24) is 15.5 Å². The third-order valence-corrected chi connectivity index (χ3v) is 4.05. The summed E-state index contributed by atoms with van der Waals surface area (Å²) in [5, 5.41) is 7.60. The molecule has 1 fully saturated rings. The standard InChI is InChI=1S/C15H27N3O/c1-3-16-12(2)10-11-14-17-15(18-19-14)13-8-6-4-5-7-9-13/h12-13,16H,3-11H2,1-2H3. The third kappa shape index (κ3) is 4.60. The SMILES string of the molecule is CCNC(C)CCc1nc(C2CCCCCC2)no1. The van der Waals surface area contributed by atoms with E-state index in [2.05, 4.69) is 29.3 Å². The Bertz CT molecular complexity index is 356. The molecule has 108 valence electrons. The molecule has 0 bridgehead atoms. The molecule has 4 heteroatoms. The highest BCUT2D eigenvalue weighted by atomic mass is 16.5. The maximum absolute atomic E-state index is 5.40. The summed E-state index contributed by atoms with van der Waals surface area (Å²) in [6.45, 7) is 5.35. The first kappa shape index (κ1) is 14.5. The zero-order chi connectivity index (χ0) is 13.5. The summed E-state index contributed by atoms with van der Waals surface area (Å²) in [6.07, 6.45) is 9.74. The van der Waals surface area contributed by atoms with Crippen molar-refractivity contribution < 1.29 is 4.52 Å². The highest BCUT2D eigenvalue weighted by Crippen LogP contribution is 2.29. The summed E-state index contributed by atoms with van der Waals surface area (Å²) in [5.41, 5.74) is 0. The summed E-state index contributed by atoms with van der Waals surface area (Å²) in [7, 11) is 0. The summed E-state index contributed by atoms with van der Waals surface area (Å²) in [4.78, 5) is 4.60. The maximum atomic E-state index is 5.40. The number of hydrogen-bond acceptors (Lipinski definition) is 4. The van der Waals surface area contributed by atoms with E-state index in [9.17, 15) is 0 Å². The molecular formula is C15H27N3O. The van der Waals surface area contributed by atoms with Crippen LogP contribution in [0.4, 0.5) is 0 Å². The lowest BCUT2D eigenvalue weighted by atomic mass is 10.00. The van der Waals surface area contributed by atoms with Gasteiger partial charge >= 0.3 is 0 Å². The Morgan fingerprint density at radius 1 is 1.26 bits per heavy atom. The van der Waals surface area contributed by atoms with Crippen molar-refractivity contribution in [3.63, 3.8) is 0 Å². The Balaban J connectivity index is 1.84. The van der Waals surface area contributed by atoms with Crippen molar-refractivity contribution in [2.75, 3.05) is 6.54 Å². The van der Waals surface area contributed by atoms with Crippen molar-refractivity contribution in [2.24, 2.45) is 0 Å². The van der Waals surface area contributed by atoms with E-state index in [0.717, 1.165) is 31.1 Å². The zero-order valence-electron chi connectivity index (χ0n) is 12.3. The van der Waals surface area contributed by atoms with Gasteiger partial charge in [-0.15, -0.1) is 0 Å². The molecule has 0 saturated heterocycles. The van der Waals surface area contributed by atoms with Gasteiger partial charge < -0.3 is 9.84 Å². The number of nitrogens with zero attached hydrogens (tertiary/aromatic N) is 2. The molecule has 1 saturated carbocycles. The van der Waals surface area contributed by atoms with Crippen LogP contribution in [0.15, 0.2) is 4.52 Å². The van der Waals surface area contributed by atoms with E-state index < -0.39 is 0 Å². The van der Waals surface area contributed by atoms with Crippen LogP contribution in [0.2, 0.25) is 0 Å². The van der Waals surface area contributed by atoms with Gasteiger partial charge in [0.15, 0.2) is 5.82 Å². The Labute approximate surface area is 116 Å². The van der Waals surface area contributed by atoms with Crippen molar-refractivity contribution in [1.29, 1.82) is 0 Å². The second-order valence-electron chi connectivity index (χ2n) is 5.73. The minimum atomic E-state index is 0.512. The fourth-order valence-electron chi connectivity index (χ4n) is 2.86. The predicted molar refractivity (Wildman–Crippen MR) is 76.2 cm³/mol. The van der Waals surface area contributed by atoms with E-state index >= 15 is 0 Å². The Hall–Kier alpha value is -0.900. The van der Waals surface area contributed by atoms with Crippen LogP contribution in [0, 0.1) is 0 Å². The molecule has 1 atom stereocenters. The Kier molecular flexibility index (Phi) is 5.83. The van der Waals surface area contributed by atoms with Gasteiger partial charge in [-0.25, -0.2) is 0 Å². The lowest BCUT2D eigenvalue weighted by Gasteiger charge is -2.09. The molecule has 0 aromatic carbocycles. The molecule has 0 radical (unpaired) electrons. The summed E-state index contributed by atoms with van der Waals surface area (Å²) < 4.78 is 5.40. The van der Waals surface area contributed by atoms with Gasteiger partial charge in [-0.2, -0.15) is 4.98 Å². The largest absolute Gasteiger partial charge is 0.339 e. The molecule has 19 heavy (non-hydrogen) atoms. The van der Waals surface area contributed by atoms with Gasteiger partial charge in [0.05, 0.1) is 0 Å². The van der Waals surface area contributed by atoms with Crippen molar-refractivity contribution in [2.45, 2.75) is 77.2 Å². The predicted octanol–water partition coefficient (Wildman–Crippen LogP) is 3.44. The van der Waals surface area contributed by atoms with Crippen LogP contribution in [-0.2, 0) is 6.42 Å². The lowest BCUT2D eigenvalue weighted by molar-refractivity contribution is 0.358. The fraction of sp³-hybridized carbons (Fsp3) is 0.867. The van der Waals surface area contributed by atoms with Gasteiger partial charge in [-0.3, -0.25) is 0 Å². The third-order valence-electron chi connectivity index (χ3n) is 4.05. The summed E-state index contributed by atoms with van der Waals surface area (Å²) in [5.74, 6) is 2.29. The molecule has 1 N–H and O–H groups in total. The van der Waals surface area contributed by atoms with E-state index in [4.69, 9.17) is 4.52 Å². The van der Waals surface area contributed by atoms with Gasteiger partial charge in [-0.05, 0) is 32.7 Å². The first-order valence-electron chi connectivity index (χ1n) is 7.85. The van der Waals surface area contributed by atoms with E-state index in [1.165, 1.54) is 38.5 Å². The van der Waals surface area contributed by atoms with Gasteiger partial charge in [0, 0.05) is 18.4 Å². The maximum Gasteiger partial charge on any atom is 0.226 e. The molecule has 1 aromatic heterocycles. The van der Waals surface area contributed by atoms with Gasteiger partial charge in [-0.1, -0.05) is 37.8 Å². The molecule has 1 aliphatic carbocycles. The molecule has 0 aliphatic heterocycles. The van der Waals surface area contributed by atoms with E-state index in [0.29, 0.717) is 12.0 Å². The second-order valence-corrected chi connectivity index (χ2v) is 5.73. The van der Waals surface area contributed by atoms with Gasteiger partial charge in [0.2, 0.25) is 5.89 Å². The van der Waals surface area contributed by atoms with Crippen LogP contribution >= 0.6 is 0 Å². The van der Waals surface area contributed by atoms with E-state index in [-0.39, 0.29) is 0 Å². The first-order valence-corrected chi connectivity index (χ1v) is 7.85. The second kappa shape index (κ2) is 7.63. The molecule has 1 aromatic rings. The molecule has 1 heterocycles. The molecule has 0 amide bonds. The van der Waals surface area contributed by atoms with Crippen LogP contribution in [-0.4, -0.2) is 22.7 Å². The van der Waals surface area contributed by atoms with Gasteiger partial charge in [0.25, 0.3) is 0 Å². The lowest BCUT2D eigenvalue weighted by Crippen LogP contribution is -2.25. The number of rotatable bonds is 6. The molecular weight excluding hydrogens is 238 g/mol. The van der Waals surface area contributed by atoms with Crippen LogP contribution < -0.4 is 5.32 Å². The smallest absolute Gasteiger partial charge is 0.226 e. The van der Waals surface area contributed by atoms with E-state index in [1.807, 2.05) is 0 Å². The summed E-state index contributed by atoms with van der Waals surface area (Å²) >= 11 is 0. The van der Waals surface area contributed by atoms with Crippen molar-refractivity contribution >= 4 is 0 Å². The molecule has 2 rings (SSSR count). The minimum absolute atomic E-state index is 0.512.